The maximum absolute atomic E-state index is 14.5. The molecule has 0 radical (unpaired) electrons. The normalized spacial score (nSPS) is 17.8. The quantitative estimate of drug-likeness (QED) is 0.228. The van der Waals surface area contributed by atoms with Crippen molar-refractivity contribution in [3.63, 3.8) is 0 Å². The molecule has 2 unspecified atom stereocenters. The Kier molecular flexibility index (Phi) is 8.78. The molecule has 3 aromatic carbocycles. The molecule has 1 aliphatic rings. The Morgan fingerprint density at radius 1 is 1.12 bits per heavy atom. The Hall–Kier alpha value is -3.41. The SMILES string of the molecule is C/C(=C\c1ccc2c(c1)C(S(=O)(=O)c1cccc(C(F)(F)F)c1)CC(CNC(=O)C(C)(C)O)O2)c1c(F)cccc1Cl. The van der Waals surface area contributed by atoms with Crippen LogP contribution in [0.5, 0.6) is 5.75 Å². The molecule has 0 fully saturated rings. The van der Waals surface area contributed by atoms with Crippen molar-refractivity contribution < 1.29 is 40.6 Å². The second-order valence-electron chi connectivity index (χ2n) is 10.5. The fraction of sp³-hybridized carbons (Fsp3) is 0.300. The van der Waals surface area contributed by atoms with Crippen LogP contribution < -0.4 is 10.1 Å². The molecule has 42 heavy (non-hydrogen) atoms. The molecule has 6 nitrogen and oxygen atoms in total. The third kappa shape index (κ3) is 6.79. The summed E-state index contributed by atoms with van der Waals surface area (Å²) in [6, 6.07) is 12.4. The number of hydrogen-bond acceptors (Lipinski definition) is 5. The molecule has 0 aromatic heterocycles. The molecule has 1 amide bonds. The summed E-state index contributed by atoms with van der Waals surface area (Å²) in [5.74, 6) is -1.10. The first-order valence-electron chi connectivity index (χ1n) is 12.8. The van der Waals surface area contributed by atoms with E-state index in [1.165, 1.54) is 44.2 Å². The van der Waals surface area contributed by atoms with Crippen LogP contribution in [0.15, 0.2) is 65.6 Å². The zero-order valence-electron chi connectivity index (χ0n) is 22.8. The van der Waals surface area contributed by atoms with E-state index in [1.54, 1.807) is 19.1 Å². The number of nitrogens with one attached hydrogen (secondary N) is 1. The van der Waals surface area contributed by atoms with Crippen LogP contribution in [0.1, 0.15) is 54.7 Å². The Labute approximate surface area is 245 Å². The van der Waals surface area contributed by atoms with Crippen molar-refractivity contribution in [2.45, 2.75) is 55.2 Å². The van der Waals surface area contributed by atoms with E-state index in [9.17, 15) is 35.9 Å². The summed E-state index contributed by atoms with van der Waals surface area (Å²) in [5, 5.41) is 11.3. The minimum absolute atomic E-state index is 0.156. The van der Waals surface area contributed by atoms with Gasteiger partial charge in [-0.2, -0.15) is 13.2 Å². The summed E-state index contributed by atoms with van der Waals surface area (Å²) in [7, 11) is -4.41. The maximum Gasteiger partial charge on any atom is 0.416 e. The number of benzene rings is 3. The monoisotopic (exact) mass is 625 g/mol. The van der Waals surface area contributed by atoms with Crippen molar-refractivity contribution in [1.29, 1.82) is 0 Å². The van der Waals surface area contributed by atoms with Gasteiger partial charge in [-0.25, -0.2) is 12.8 Å². The lowest BCUT2D eigenvalue weighted by Crippen LogP contribution is -2.46. The van der Waals surface area contributed by atoms with Crippen LogP contribution in [0.3, 0.4) is 0 Å². The second-order valence-corrected chi connectivity index (χ2v) is 13.1. The lowest BCUT2D eigenvalue weighted by Gasteiger charge is -2.33. The van der Waals surface area contributed by atoms with Gasteiger partial charge >= 0.3 is 6.18 Å². The van der Waals surface area contributed by atoms with E-state index in [-0.39, 0.29) is 34.9 Å². The minimum Gasteiger partial charge on any atom is -0.488 e. The fourth-order valence-corrected chi connectivity index (χ4v) is 6.85. The van der Waals surface area contributed by atoms with Gasteiger partial charge in [-0.3, -0.25) is 4.79 Å². The number of rotatable bonds is 7. The van der Waals surface area contributed by atoms with Gasteiger partial charge in [0.1, 0.15) is 23.3 Å². The first-order valence-corrected chi connectivity index (χ1v) is 14.8. The number of carbonyl (C=O) groups excluding carboxylic acids is 1. The molecule has 224 valence electrons. The maximum atomic E-state index is 14.5. The predicted molar refractivity (Wildman–Crippen MR) is 151 cm³/mol. The van der Waals surface area contributed by atoms with Crippen molar-refractivity contribution in [3.05, 3.63) is 93.8 Å². The van der Waals surface area contributed by atoms with Crippen LogP contribution >= 0.6 is 11.6 Å². The van der Waals surface area contributed by atoms with Crippen molar-refractivity contribution in [2.24, 2.45) is 0 Å². The number of sulfone groups is 1. The van der Waals surface area contributed by atoms with Gasteiger partial charge in [0.05, 0.1) is 27.3 Å². The van der Waals surface area contributed by atoms with Crippen molar-refractivity contribution in [1.82, 2.24) is 5.32 Å². The smallest absolute Gasteiger partial charge is 0.416 e. The predicted octanol–water partition coefficient (Wildman–Crippen LogP) is 6.61. The molecule has 4 rings (SSSR count). The third-order valence-corrected chi connectivity index (χ3v) is 9.22. The first kappa shape index (κ1) is 31.5. The number of allylic oxidation sites excluding steroid dienone is 1. The molecular weight excluding hydrogens is 598 g/mol. The molecule has 0 bridgehead atoms. The molecule has 2 atom stereocenters. The fourth-order valence-electron chi connectivity index (χ4n) is 4.66. The Morgan fingerprint density at radius 2 is 1.81 bits per heavy atom. The lowest BCUT2D eigenvalue weighted by atomic mass is 9.97. The molecule has 0 aliphatic carbocycles. The molecule has 2 N–H and O–H groups in total. The van der Waals surface area contributed by atoms with E-state index in [0.717, 1.165) is 18.2 Å². The number of carbonyl (C=O) groups is 1. The highest BCUT2D eigenvalue weighted by Gasteiger charge is 2.40. The lowest BCUT2D eigenvalue weighted by molar-refractivity contribution is -0.138. The van der Waals surface area contributed by atoms with E-state index in [2.05, 4.69) is 5.32 Å². The number of amides is 1. The van der Waals surface area contributed by atoms with Gasteiger partial charge in [-0.1, -0.05) is 35.9 Å². The van der Waals surface area contributed by atoms with E-state index in [0.29, 0.717) is 17.2 Å². The highest BCUT2D eigenvalue weighted by molar-refractivity contribution is 7.91. The summed E-state index contributed by atoms with van der Waals surface area (Å²) in [5.41, 5.74) is -1.51. The van der Waals surface area contributed by atoms with Gasteiger partial charge in [0, 0.05) is 17.5 Å². The Morgan fingerprint density at radius 3 is 2.45 bits per heavy atom. The van der Waals surface area contributed by atoms with Gasteiger partial charge in [-0.05, 0) is 74.4 Å². The zero-order valence-corrected chi connectivity index (χ0v) is 24.4. The first-order chi connectivity index (χ1) is 19.5. The van der Waals surface area contributed by atoms with Gasteiger partial charge in [-0.15, -0.1) is 0 Å². The minimum atomic E-state index is -4.76. The Balaban J connectivity index is 1.78. The second kappa shape index (κ2) is 11.7. The molecule has 3 aromatic rings. The van der Waals surface area contributed by atoms with Crippen LogP contribution in [0.4, 0.5) is 17.6 Å². The molecule has 0 saturated carbocycles. The summed E-state index contributed by atoms with van der Waals surface area (Å²) in [4.78, 5) is 11.7. The average molecular weight is 626 g/mol. The number of halogens is 5. The van der Waals surface area contributed by atoms with Crippen LogP contribution in [0.2, 0.25) is 5.02 Å². The van der Waals surface area contributed by atoms with Gasteiger partial charge in [0.2, 0.25) is 0 Å². The van der Waals surface area contributed by atoms with Crippen LogP contribution in [-0.2, 0) is 20.8 Å². The van der Waals surface area contributed by atoms with Gasteiger partial charge in [0.25, 0.3) is 5.91 Å². The molecule has 0 saturated heterocycles. The molecule has 0 spiro atoms. The summed E-state index contributed by atoms with van der Waals surface area (Å²) >= 11 is 6.19. The highest BCUT2D eigenvalue weighted by Crippen LogP contribution is 2.44. The molecule has 1 aliphatic heterocycles. The van der Waals surface area contributed by atoms with Crippen molar-refractivity contribution in [3.8, 4) is 5.75 Å². The summed E-state index contributed by atoms with van der Waals surface area (Å²) < 4.78 is 88.5. The standard InChI is InChI=1S/C30H28ClF4NO5S/c1-17(27-23(31)8-5-9-24(27)32)12-18-10-11-25-22(13-18)26(15-20(41-25)16-36-28(37)29(2,3)38)42(39,40)21-7-4-6-19(14-21)30(33,34)35/h4-14,20,26,38H,15-16H2,1-3H3,(H,36,37)/b17-12+. The number of ether oxygens (including phenoxy) is 1. The van der Waals surface area contributed by atoms with E-state index < -0.39 is 55.2 Å². The zero-order chi connectivity index (χ0) is 31.0. The molecule has 1 heterocycles. The van der Waals surface area contributed by atoms with Crippen molar-refractivity contribution >= 4 is 39.0 Å². The number of hydrogen-bond donors (Lipinski definition) is 2. The largest absolute Gasteiger partial charge is 0.488 e. The number of alkyl halides is 3. The Bertz CT molecular complexity index is 1630. The van der Waals surface area contributed by atoms with Crippen LogP contribution in [0, 0.1) is 5.82 Å². The number of fused-ring (bicyclic) bond motifs is 1. The van der Waals surface area contributed by atoms with Crippen LogP contribution in [0.25, 0.3) is 11.6 Å². The van der Waals surface area contributed by atoms with Crippen LogP contribution in [-0.4, -0.2) is 37.7 Å². The average Bonchev–Trinajstić information content (AvgIpc) is 2.90. The third-order valence-electron chi connectivity index (χ3n) is 6.80. The van der Waals surface area contributed by atoms with E-state index in [1.807, 2.05) is 0 Å². The van der Waals surface area contributed by atoms with E-state index in [4.69, 9.17) is 16.3 Å². The molecule has 12 heteroatoms. The molecular formula is C30H28ClF4NO5S. The summed E-state index contributed by atoms with van der Waals surface area (Å²) in [6.45, 7) is 4.04. The topological polar surface area (TPSA) is 92.7 Å². The van der Waals surface area contributed by atoms with Crippen molar-refractivity contribution in [2.75, 3.05) is 6.54 Å². The van der Waals surface area contributed by atoms with Gasteiger partial charge in [0.15, 0.2) is 9.84 Å². The summed E-state index contributed by atoms with van der Waals surface area (Å²) in [6.07, 6.45) is -4.24. The van der Waals surface area contributed by atoms with E-state index >= 15 is 0 Å². The van der Waals surface area contributed by atoms with Gasteiger partial charge < -0.3 is 15.2 Å². The highest BCUT2D eigenvalue weighted by atomic mass is 35.5. The number of aliphatic hydroxyl groups is 1.